The fourth-order valence-electron chi connectivity index (χ4n) is 3.45. The van der Waals surface area contributed by atoms with E-state index in [4.69, 9.17) is 14.5 Å². The molecule has 0 spiro atoms. The number of hydrogen-bond donors (Lipinski definition) is 0. The van der Waals surface area contributed by atoms with Crippen LogP contribution in [0, 0.1) is 10.5 Å². The summed E-state index contributed by atoms with van der Waals surface area (Å²) in [6.07, 6.45) is 1.89. The number of ether oxygens (including phenoxy) is 2. The number of rotatable bonds is 7. The predicted molar refractivity (Wildman–Crippen MR) is 155 cm³/mol. The van der Waals surface area contributed by atoms with E-state index in [9.17, 15) is 4.79 Å². The molecule has 1 aliphatic heterocycles. The van der Waals surface area contributed by atoms with Crippen molar-refractivity contribution in [3.8, 4) is 11.5 Å². The van der Waals surface area contributed by atoms with Gasteiger partial charge in [0.25, 0.3) is 5.91 Å². The number of carbonyl (C=O) groups excluding carboxylic acids is 1. The van der Waals surface area contributed by atoms with E-state index in [1.807, 2.05) is 80.6 Å². The number of nitrogens with zero attached hydrogens (tertiary/aromatic N) is 2. The van der Waals surface area contributed by atoms with E-state index in [0.29, 0.717) is 34.7 Å². The molecule has 0 saturated carbocycles. The SMILES string of the molecule is CCN1C(=O)/C(=C\c2cc(I)c(OCc3ccc(Br)cc3)c(OC)c2)SC1=Nc1ccc(C)cc1. The van der Waals surface area contributed by atoms with Crippen molar-refractivity contribution in [2.24, 2.45) is 4.99 Å². The van der Waals surface area contributed by atoms with Gasteiger partial charge in [0, 0.05) is 11.0 Å². The van der Waals surface area contributed by atoms with E-state index in [1.165, 1.54) is 17.3 Å². The Morgan fingerprint density at radius 1 is 1.11 bits per heavy atom. The van der Waals surface area contributed by atoms with Crippen LogP contribution in [-0.2, 0) is 11.4 Å². The number of thioether (sulfide) groups is 1. The monoisotopic (exact) mass is 662 g/mol. The van der Waals surface area contributed by atoms with Crippen LogP contribution in [0.25, 0.3) is 6.08 Å². The molecule has 1 aliphatic rings. The van der Waals surface area contributed by atoms with E-state index >= 15 is 0 Å². The highest BCUT2D eigenvalue weighted by molar-refractivity contribution is 14.1. The van der Waals surface area contributed by atoms with Crippen molar-refractivity contribution in [1.82, 2.24) is 4.90 Å². The van der Waals surface area contributed by atoms with Crippen molar-refractivity contribution in [2.75, 3.05) is 13.7 Å². The van der Waals surface area contributed by atoms with Gasteiger partial charge in [-0.15, -0.1) is 0 Å². The molecule has 0 aromatic heterocycles. The lowest BCUT2D eigenvalue weighted by Crippen LogP contribution is -2.28. The van der Waals surface area contributed by atoms with Crippen LogP contribution >= 0.6 is 50.3 Å². The first-order chi connectivity index (χ1) is 16.9. The minimum Gasteiger partial charge on any atom is -0.493 e. The Balaban J connectivity index is 1.58. The Morgan fingerprint density at radius 2 is 1.83 bits per heavy atom. The van der Waals surface area contributed by atoms with E-state index in [2.05, 4.69) is 38.5 Å². The van der Waals surface area contributed by atoms with Crippen molar-refractivity contribution in [3.63, 3.8) is 0 Å². The van der Waals surface area contributed by atoms with Crippen molar-refractivity contribution >= 4 is 73.1 Å². The second kappa shape index (κ2) is 11.6. The lowest BCUT2D eigenvalue weighted by molar-refractivity contribution is -0.122. The van der Waals surface area contributed by atoms with Gasteiger partial charge in [-0.05, 0) is 102 Å². The summed E-state index contributed by atoms with van der Waals surface area (Å²) in [6, 6.07) is 19.8. The number of carbonyl (C=O) groups is 1. The van der Waals surface area contributed by atoms with Crippen LogP contribution in [0.2, 0.25) is 0 Å². The molecule has 0 unspecified atom stereocenters. The first kappa shape index (κ1) is 25.8. The molecular formula is C27H24BrIN2O3S. The van der Waals surface area contributed by atoms with Crippen LogP contribution in [0.1, 0.15) is 23.6 Å². The van der Waals surface area contributed by atoms with E-state index in [1.54, 1.807) is 12.0 Å². The second-order valence-electron chi connectivity index (χ2n) is 7.84. The number of aryl methyl sites for hydroxylation is 1. The highest BCUT2D eigenvalue weighted by Crippen LogP contribution is 2.38. The summed E-state index contributed by atoms with van der Waals surface area (Å²) < 4.78 is 13.6. The molecule has 3 aromatic rings. The summed E-state index contributed by atoms with van der Waals surface area (Å²) in [6.45, 7) is 4.97. The lowest BCUT2D eigenvalue weighted by atomic mass is 10.1. The number of amides is 1. The summed E-state index contributed by atoms with van der Waals surface area (Å²) in [5.74, 6) is 1.26. The summed E-state index contributed by atoms with van der Waals surface area (Å²) in [7, 11) is 1.62. The quantitative estimate of drug-likeness (QED) is 0.193. The molecule has 1 heterocycles. The first-order valence-corrected chi connectivity index (χ1v) is 13.7. The zero-order valence-corrected chi connectivity index (χ0v) is 24.1. The summed E-state index contributed by atoms with van der Waals surface area (Å²) >= 11 is 7.08. The Kier molecular flexibility index (Phi) is 8.56. The molecule has 180 valence electrons. The molecule has 5 nitrogen and oxygen atoms in total. The largest absolute Gasteiger partial charge is 0.493 e. The van der Waals surface area contributed by atoms with Crippen molar-refractivity contribution in [2.45, 2.75) is 20.5 Å². The van der Waals surface area contributed by atoms with Crippen LogP contribution in [0.5, 0.6) is 11.5 Å². The number of benzene rings is 3. The normalized spacial score (nSPS) is 15.8. The van der Waals surface area contributed by atoms with Gasteiger partial charge in [-0.2, -0.15) is 0 Å². The van der Waals surface area contributed by atoms with Crippen molar-refractivity contribution < 1.29 is 14.3 Å². The summed E-state index contributed by atoms with van der Waals surface area (Å²) in [5, 5.41) is 0.684. The Bertz CT molecular complexity index is 1290. The molecule has 1 fully saturated rings. The van der Waals surface area contributed by atoms with Gasteiger partial charge < -0.3 is 9.47 Å². The predicted octanol–water partition coefficient (Wildman–Crippen LogP) is 7.57. The Morgan fingerprint density at radius 3 is 2.49 bits per heavy atom. The fourth-order valence-corrected chi connectivity index (χ4v) is 5.56. The van der Waals surface area contributed by atoms with Crippen molar-refractivity contribution in [3.05, 3.63) is 90.3 Å². The Hall–Kier alpha value is -2.30. The van der Waals surface area contributed by atoms with Crippen LogP contribution in [-0.4, -0.2) is 29.6 Å². The number of methoxy groups -OCH3 is 1. The van der Waals surface area contributed by atoms with E-state index in [-0.39, 0.29) is 5.91 Å². The van der Waals surface area contributed by atoms with Crippen molar-refractivity contribution in [1.29, 1.82) is 0 Å². The smallest absolute Gasteiger partial charge is 0.266 e. The molecule has 0 bridgehead atoms. The highest BCUT2D eigenvalue weighted by atomic mass is 127. The maximum Gasteiger partial charge on any atom is 0.266 e. The molecule has 1 saturated heterocycles. The minimum absolute atomic E-state index is 0.0482. The summed E-state index contributed by atoms with van der Waals surface area (Å²) in [4.78, 5) is 20.1. The first-order valence-electron chi connectivity index (χ1n) is 11.0. The lowest BCUT2D eigenvalue weighted by Gasteiger charge is -2.14. The third-order valence-corrected chi connectivity index (χ3v) is 7.65. The number of halogens is 2. The summed E-state index contributed by atoms with van der Waals surface area (Å²) in [5.41, 5.74) is 3.93. The minimum atomic E-state index is -0.0482. The molecule has 4 rings (SSSR count). The van der Waals surface area contributed by atoms with Gasteiger partial charge in [0.15, 0.2) is 16.7 Å². The topological polar surface area (TPSA) is 51.1 Å². The molecule has 0 N–H and O–H groups in total. The van der Waals surface area contributed by atoms with Gasteiger partial charge in [-0.1, -0.05) is 45.8 Å². The molecule has 0 atom stereocenters. The van der Waals surface area contributed by atoms with E-state index < -0.39 is 0 Å². The number of hydrogen-bond acceptors (Lipinski definition) is 5. The van der Waals surface area contributed by atoms with Gasteiger partial charge in [0.2, 0.25) is 0 Å². The third kappa shape index (κ3) is 6.29. The van der Waals surface area contributed by atoms with Gasteiger partial charge in [-0.3, -0.25) is 9.69 Å². The number of amidine groups is 1. The molecular weight excluding hydrogens is 639 g/mol. The highest BCUT2D eigenvalue weighted by Gasteiger charge is 2.32. The average molecular weight is 663 g/mol. The molecule has 0 aliphatic carbocycles. The maximum atomic E-state index is 13.1. The maximum absolute atomic E-state index is 13.1. The van der Waals surface area contributed by atoms with Crippen LogP contribution in [0.3, 0.4) is 0 Å². The van der Waals surface area contributed by atoms with Gasteiger partial charge in [0.05, 0.1) is 21.3 Å². The average Bonchev–Trinajstić information content (AvgIpc) is 3.14. The molecule has 1 amide bonds. The van der Waals surface area contributed by atoms with Crippen LogP contribution in [0.4, 0.5) is 5.69 Å². The van der Waals surface area contributed by atoms with Gasteiger partial charge in [-0.25, -0.2) is 4.99 Å². The van der Waals surface area contributed by atoms with Crippen LogP contribution in [0.15, 0.2) is 75.0 Å². The van der Waals surface area contributed by atoms with Gasteiger partial charge >= 0.3 is 0 Å². The molecule has 35 heavy (non-hydrogen) atoms. The van der Waals surface area contributed by atoms with E-state index in [0.717, 1.165) is 24.9 Å². The third-order valence-electron chi connectivity index (χ3n) is 5.31. The fraction of sp³-hybridized carbons (Fsp3) is 0.185. The molecule has 0 radical (unpaired) electrons. The van der Waals surface area contributed by atoms with Gasteiger partial charge in [0.1, 0.15) is 6.61 Å². The number of likely N-dealkylation sites (N-methyl/N-ethyl adjacent to an activating group) is 1. The second-order valence-corrected chi connectivity index (χ2v) is 10.9. The standard InChI is InChI=1S/C27H24BrIN2O3S/c1-4-31-26(32)24(35-27(31)30-21-11-5-17(2)6-12-21)15-19-13-22(29)25(23(14-19)33-3)34-16-18-7-9-20(28)10-8-18/h5-15H,4,16H2,1-3H3/b24-15+,30-27?. The molecule has 8 heteroatoms. The zero-order valence-electron chi connectivity index (χ0n) is 19.5. The number of aliphatic imine (C=N–C) groups is 1. The zero-order chi connectivity index (χ0) is 24.9. The molecule has 3 aromatic carbocycles. The van der Waals surface area contributed by atoms with Crippen LogP contribution < -0.4 is 9.47 Å². The Labute approximate surface area is 231 Å².